The molecule has 84 valence electrons. The largest absolute Gasteiger partial charge is 0.373 e. The molecule has 1 unspecified atom stereocenters. The Hall–Kier alpha value is -0.670. The summed E-state index contributed by atoms with van der Waals surface area (Å²) in [4.78, 5) is 8.59. The fraction of sp³-hybridized carbons (Fsp3) is 0.636. The molecule has 0 fully saturated rings. The van der Waals surface area contributed by atoms with Gasteiger partial charge in [0, 0.05) is 13.3 Å². The SMILES string of the molecule is COC(c1nccc(CCl)n1)C(C)(C)C. The minimum Gasteiger partial charge on any atom is -0.373 e. The van der Waals surface area contributed by atoms with E-state index in [1.165, 1.54) is 0 Å². The molecule has 0 spiro atoms. The van der Waals surface area contributed by atoms with Crippen LogP contribution < -0.4 is 0 Å². The Balaban J connectivity index is 3.02. The quantitative estimate of drug-likeness (QED) is 0.747. The normalized spacial score (nSPS) is 13.9. The van der Waals surface area contributed by atoms with Crippen LogP contribution in [0.2, 0.25) is 0 Å². The minimum absolute atomic E-state index is 0.0281. The van der Waals surface area contributed by atoms with Gasteiger partial charge in [0.05, 0.1) is 11.6 Å². The molecular formula is C11H17ClN2O. The molecule has 1 aromatic rings. The second-order valence-corrected chi connectivity index (χ2v) is 4.79. The molecule has 0 N–H and O–H groups in total. The van der Waals surface area contributed by atoms with Crippen LogP contribution in [0.15, 0.2) is 12.3 Å². The van der Waals surface area contributed by atoms with E-state index in [1.54, 1.807) is 13.3 Å². The maximum absolute atomic E-state index is 5.73. The van der Waals surface area contributed by atoms with Crippen molar-refractivity contribution in [2.24, 2.45) is 5.41 Å². The molecule has 1 heterocycles. The minimum atomic E-state index is -0.110. The molecule has 0 amide bonds. The van der Waals surface area contributed by atoms with Crippen molar-refractivity contribution in [1.82, 2.24) is 9.97 Å². The van der Waals surface area contributed by atoms with E-state index in [2.05, 4.69) is 30.7 Å². The molecule has 0 aliphatic heterocycles. The molecule has 0 saturated heterocycles. The van der Waals surface area contributed by atoms with Crippen LogP contribution >= 0.6 is 11.6 Å². The third-order valence-electron chi connectivity index (χ3n) is 2.13. The highest BCUT2D eigenvalue weighted by molar-refractivity contribution is 6.16. The smallest absolute Gasteiger partial charge is 0.157 e. The zero-order valence-electron chi connectivity index (χ0n) is 9.62. The summed E-state index contributed by atoms with van der Waals surface area (Å²) in [5.74, 6) is 1.10. The van der Waals surface area contributed by atoms with E-state index >= 15 is 0 Å². The van der Waals surface area contributed by atoms with Crippen molar-refractivity contribution in [3.05, 3.63) is 23.8 Å². The molecule has 0 aliphatic rings. The van der Waals surface area contributed by atoms with Crippen LogP contribution in [0.3, 0.4) is 0 Å². The predicted molar refractivity (Wildman–Crippen MR) is 60.8 cm³/mol. The summed E-state index contributed by atoms with van der Waals surface area (Å²) in [6.07, 6.45) is 1.61. The Labute approximate surface area is 95.8 Å². The number of hydrogen-bond acceptors (Lipinski definition) is 3. The van der Waals surface area contributed by atoms with Crippen molar-refractivity contribution in [3.63, 3.8) is 0 Å². The third-order valence-corrected chi connectivity index (χ3v) is 2.40. The third kappa shape index (κ3) is 3.14. The molecular weight excluding hydrogens is 212 g/mol. The molecule has 3 nitrogen and oxygen atoms in total. The molecule has 0 bridgehead atoms. The number of ether oxygens (including phenoxy) is 1. The molecule has 1 aromatic heterocycles. The van der Waals surface area contributed by atoms with Gasteiger partial charge in [-0.3, -0.25) is 0 Å². The average Bonchev–Trinajstić information content (AvgIpc) is 2.17. The van der Waals surface area contributed by atoms with Crippen LogP contribution in [0.5, 0.6) is 0 Å². The first-order valence-corrected chi connectivity index (χ1v) is 5.43. The van der Waals surface area contributed by atoms with Crippen molar-refractivity contribution in [3.8, 4) is 0 Å². The standard InChI is InChI=1S/C11H17ClN2O/c1-11(2,3)9(15-4)10-13-6-5-8(7-12)14-10/h5-6,9H,7H2,1-4H3. The van der Waals surface area contributed by atoms with Gasteiger partial charge >= 0.3 is 0 Å². The lowest BCUT2D eigenvalue weighted by Gasteiger charge is -2.27. The topological polar surface area (TPSA) is 35.0 Å². The van der Waals surface area contributed by atoms with Gasteiger partial charge in [-0.25, -0.2) is 9.97 Å². The van der Waals surface area contributed by atoms with E-state index in [4.69, 9.17) is 16.3 Å². The van der Waals surface area contributed by atoms with Crippen LogP contribution in [-0.4, -0.2) is 17.1 Å². The maximum Gasteiger partial charge on any atom is 0.157 e. The van der Waals surface area contributed by atoms with E-state index in [-0.39, 0.29) is 11.5 Å². The molecule has 0 radical (unpaired) electrons. The average molecular weight is 229 g/mol. The number of alkyl halides is 1. The number of rotatable bonds is 3. The van der Waals surface area contributed by atoms with E-state index in [9.17, 15) is 0 Å². The highest BCUT2D eigenvalue weighted by Crippen LogP contribution is 2.33. The Bertz CT molecular complexity index is 323. The second kappa shape index (κ2) is 4.90. The highest BCUT2D eigenvalue weighted by Gasteiger charge is 2.28. The zero-order chi connectivity index (χ0) is 11.5. The summed E-state index contributed by atoms with van der Waals surface area (Å²) in [5.41, 5.74) is 0.799. The first kappa shape index (κ1) is 12.4. The molecule has 15 heavy (non-hydrogen) atoms. The lowest BCUT2D eigenvalue weighted by atomic mass is 9.88. The summed E-state index contributed by atoms with van der Waals surface area (Å²) in [6, 6.07) is 1.81. The van der Waals surface area contributed by atoms with Gasteiger partial charge < -0.3 is 4.74 Å². The molecule has 0 aromatic carbocycles. The van der Waals surface area contributed by atoms with Gasteiger partial charge in [-0.2, -0.15) is 0 Å². The molecule has 1 rings (SSSR count). The molecule has 0 saturated carbocycles. The van der Waals surface area contributed by atoms with Gasteiger partial charge in [0.15, 0.2) is 5.82 Å². The lowest BCUT2D eigenvalue weighted by molar-refractivity contribution is 0.00853. The first-order valence-electron chi connectivity index (χ1n) is 4.89. The Kier molecular flexibility index (Phi) is 4.05. The van der Waals surface area contributed by atoms with Crippen molar-refractivity contribution < 1.29 is 4.74 Å². The first-order chi connectivity index (χ1) is 6.99. The Morgan fingerprint density at radius 3 is 2.60 bits per heavy atom. The van der Waals surface area contributed by atoms with Crippen LogP contribution in [0.4, 0.5) is 0 Å². The van der Waals surface area contributed by atoms with Gasteiger partial charge in [0.2, 0.25) is 0 Å². The summed E-state index contributed by atoms with van der Waals surface area (Å²) >= 11 is 5.73. The van der Waals surface area contributed by atoms with Gasteiger partial charge in [0.25, 0.3) is 0 Å². The van der Waals surface area contributed by atoms with Gasteiger partial charge in [-0.15, -0.1) is 11.6 Å². The van der Waals surface area contributed by atoms with Gasteiger partial charge in [-0.1, -0.05) is 20.8 Å². The number of halogens is 1. The summed E-state index contributed by atoms with van der Waals surface area (Å²) in [7, 11) is 1.67. The predicted octanol–water partition coefficient (Wildman–Crippen LogP) is 2.95. The van der Waals surface area contributed by atoms with Crippen LogP contribution in [0.1, 0.15) is 38.4 Å². The van der Waals surface area contributed by atoms with Crippen molar-refractivity contribution in [2.75, 3.05) is 7.11 Å². The van der Waals surface area contributed by atoms with E-state index in [1.807, 2.05) is 6.07 Å². The number of methoxy groups -OCH3 is 1. The Morgan fingerprint density at radius 1 is 1.47 bits per heavy atom. The van der Waals surface area contributed by atoms with Crippen molar-refractivity contribution in [1.29, 1.82) is 0 Å². The second-order valence-electron chi connectivity index (χ2n) is 4.52. The maximum atomic E-state index is 5.73. The van der Waals surface area contributed by atoms with Crippen molar-refractivity contribution in [2.45, 2.75) is 32.8 Å². The van der Waals surface area contributed by atoms with Crippen LogP contribution in [0, 0.1) is 5.41 Å². The fourth-order valence-electron chi connectivity index (χ4n) is 1.46. The lowest BCUT2D eigenvalue weighted by Crippen LogP contribution is -2.22. The summed E-state index contributed by atoms with van der Waals surface area (Å²) in [6.45, 7) is 6.29. The number of nitrogens with zero attached hydrogens (tertiary/aromatic N) is 2. The van der Waals surface area contributed by atoms with Gasteiger partial charge in [0.1, 0.15) is 6.10 Å². The van der Waals surface area contributed by atoms with E-state index < -0.39 is 0 Å². The Morgan fingerprint density at radius 2 is 2.13 bits per heavy atom. The van der Waals surface area contributed by atoms with E-state index in [0.717, 1.165) is 5.69 Å². The highest BCUT2D eigenvalue weighted by atomic mass is 35.5. The summed E-state index contributed by atoms with van der Waals surface area (Å²) < 4.78 is 5.43. The van der Waals surface area contributed by atoms with Gasteiger partial charge in [-0.05, 0) is 11.5 Å². The molecule has 0 aliphatic carbocycles. The van der Waals surface area contributed by atoms with Crippen molar-refractivity contribution >= 4 is 11.6 Å². The molecule has 4 heteroatoms. The molecule has 1 atom stereocenters. The number of hydrogen-bond donors (Lipinski definition) is 0. The zero-order valence-corrected chi connectivity index (χ0v) is 10.4. The van der Waals surface area contributed by atoms with Crippen LogP contribution in [-0.2, 0) is 10.6 Å². The monoisotopic (exact) mass is 228 g/mol. The number of aromatic nitrogens is 2. The van der Waals surface area contributed by atoms with E-state index in [0.29, 0.717) is 11.7 Å². The van der Waals surface area contributed by atoms with Crippen LogP contribution in [0.25, 0.3) is 0 Å². The summed E-state index contributed by atoms with van der Waals surface area (Å²) in [5, 5.41) is 0. The fourth-order valence-corrected chi connectivity index (χ4v) is 1.61.